The van der Waals surface area contributed by atoms with Crippen molar-refractivity contribution in [2.24, 2.45) is 5.92 Å². The SMILES string of the molecule is CC(=O)Nc1ccc(S(=O)(=O)N2CC3CC(C2)c2ccc(-c4cccs4)c(=O)n2C3)cc1. The molecule has 0 aliphatic carbocycles. The summed E-state index contributed by atoms with van der Waals surface area (Å²) in [7, 11) is -3.67. The molecule has 1 aromatic carbocycles. The van der Waals surface area contributed by atoms with Gasteiger partial charge in [0, 0.05) is 48.7 Å². The number of hydrogen-bond acceptors (Lipinski definition) is 5. The fourth-order valence-corrected chi connectivity index (χ4v) is 7.08. The number of benzene rings is 1. The number of carbonyl (C=O) groups is 1. The summed E-state index contributed by atoms with van der Waals surface area (Å²) in [6.45, 7) is 2.67. The molecule has 2 bridgehead atoms. The summed E-state index contributed by atoms with van der Waals surface area (Å²) in [5.74, 6) is -0.132. The number of hydrogen-bond donors (Lipinski definition) is 1. The van der Waals surface area contributed by atoms with Gasteiger partial charge in [0.2, 0.25) is 15.9 Å². The van der Waals surface area contributed by atoms with Crippen molar-refractivity contribution >= 4 is 33.0 Å². The van der Waals surface area contributed by atoms with Crippen molar-refractivity contribution in [1.29, 1.82) is 0 Å². The lowest BCUT2D eigenvalue weighted by Gasteiger charge is -2.42. The van der Waals surface area contributed by atoms with Gasteiger partial charge in [-0.2, -0.15) is 4.31 Å². The van der Waals surface area contributed by atoms with Crippen LogP contribution in [0, 0.1) is 5.92 Å². The number of sulfonamides is 1. The first-order chi connectivity index (χ1) is 15.3. The standard InChI is InChI=1S/C23H23N3O4S2/c1-15(27)24-18-4-6-19(7-5-18)32(29,30)25-12-16-11-17(14-25)21-9-8-20(22-3-2-10-31-22)23(28)26(21)13-16/h2-10,16-17H,11-14H2,1H3,(H,24,27). The summed E-state index contributed by atoms with van der Waals surface area (Å²) in [4.78, 5) is 25.5. The molecule has 2 aliphatic rings. The lowest BCUT2D eigenvalue weighted by atomic mass is 9.84. The Morgan fingerprint density at radius 1 is 1.06 bits per heavy atom. The minimum Gasteiger partial charge on any atom is -0.326 e. The van der Waals surface area contributed by atoms with Crippen LogP contribution in [0.3, 0.4) is 0 Å². The third-order valence-electron chi connectivity index (χ3n) is 6.17. The van der Waals surface area contributed by atoms with Gasteiger partial charge in [0.1, 0.15) is 0 Å². The molecule has 4 heterocycles. The Labute approximate surface area is 190 Å². The molecule has 2 unspecified atom stereocenters. The lowest BCUT2D eigenvalue weighted by molar-refractivity contribution is -0.114. The molecule has 1 saturated heterocycles. The van der Waals surface area contributed by atoms with E-state index in [2.05, 4.69) is 5.32 Å². The van der Waals surface area contributed by atoms with E-state index in [1.54, 1.807) is 27.8 Å². The van der Waals surface area contributed by atoms with E-state index in [0.29, 0.717) is 30.9 Å². The molecule has 0 saturated carbocycles. The average Bonchev–Trinajstić information content (AvgIpc) is 3.29. The van der Waals surface area contributed by atoms with Gasteiger partial charge in [-0.05, 0) is 60.2 Å². The monoisotopic (exact) mass is 469 g/mol. The van der Waals surface area contributed by atoms with E-state index in [1.165, 1.54) is 19.1 Å². The van der Waals surface area contributed by atoms with Crippen LogP contribution in [0.15, 0.2) is 63.6 Å². The third kappa shape index (κ3) is 3.70. The molecule has 5 rings (SSSR count). The Morgan fingerprint density at radius 3 is 2.53 bits per heavy atom. The maximum absolute atomic E-state index is 13.3. The van der Waals surface area contributed by atoms with Gasteiger partial charge < -0.3 is 9.88 Å². The molecule has 7 nitrogen and oxygen atoms in total. The van der Waals surface area contributed by atoms with Crippen molar-refractivity contribution in [1.82, 2.24) is 8.87 Å². The van der Waals surface area contributed by atoms with Crippen molar-refractivity contribution in [3.63, 3.8) is 0 Å². The molecule has 2 aromatic heterocycles. The van der Waals surface area contributed by atoms with Gasteiger partial charge in [-0.1, -0.05) is 6.07 Å². The van der Waals surface area contributed by atoms with E-state index in [9.17, 15) is 18.0 Å². The van der Waals surface area contributed by atoms with Gasteiger partial charge in [-0.15, -0.1) is 11.3 Å². The number of thiophene rings is 1. The van der Waals surface area contributed by atoms with Crippen molar-refractivity contribution in [3.8, 4) is 10.4 Å². The summed E-state index contributed by atoms with van der Waals surface area (Å²) in [5.41, 5.74) is 2.17. The van der Waals surface area contributed by atoms with E-state index >= 15 is 0 Å². The normalized spacial score (nSPS) is 20.5. The predicted molar refractivity (Wildman–Crippen MR) is 124 cm³/mol. The van der Waals surface area contributed by atoms with E-state index in [1.807, 2.05) is 34.2 Å². The summed E-state index contributed by atoms with van der Waals surface area (Å²) < 4.78 is 30.0. The number of pyridine rings is 1. The second kappa shape index (κ2) is 7.99. The number of amides is 1. The number of nitrogens with one attached hydrogen (secondary N) is 1. The van der Waals surface area contributed by atoms with Gasteiger partial charge in [-0.25, -0.2) is 8.42 Å². The molecule has 1 amide bonds. The molecule has 166 valence electrons. The Hall–Kier alpha value is -2.75. The lowest BCUT2D eigenvalue weighted by Crippen LogP contribution is -2.49. The van der Waals surface area contributed by atoms with Crippen LogP contribution in [-0.2, 0) is 21.4 Å². The van der Waals surface area contributed by atoms with Crippen molar-refractivity contribution in [2.75, 3.05) is 18.4 Å². The number of rotatable bonds is 4. The number of piperidine rings is 1. The van der Waals surface area contributed by atoms with Crippen LogP contribution in [0.5, 0.6) is 0 Å². The summed E-state index contributed by atoms with van der Waals surface area (Å²) >= 11 is 1.54. The molecule has 9 heteroatoms. The molecular weight excluding hydrogens is 446 g/mol. The van der Waals surface area contributed by atoms with Crippen LogP contribution in [0.1, 0.15) is 25.0 Å². The maximum Gasteiger partial charge on any atom is 0.259 e. The van der Waals surface area contributed by atoms with Crippen LogP contribution < -0.4 is 10.9 Å². The quantitative estimate of drug-likeness (QED) is 0.635. The second-order valence-corrected chi connectivity index (χ2v) is 11.3. The number of anilines is 1. The zero-order valence-corrected chi connectivity index (χ0v) is 19.2. The Bertz CT molecular complexity index is 1330. The fraction of sp³-hybridized carbons (Fsp3) is 0.304. The molecule has 1 fully saturated rings. The summed E-state index contributed by atoms with van der Waals surface area (Å²) in [6, 6.07) is 14.0. The van der Waals surface area contributed by atoms with Gasteiger partial charge in [-0.3, -0.25) is 9.59 Å². The topological polar surface area (TPSA) is 88.5 Å². The zero-order valence-electron chi connectivity index (χ0n) is 17.5. The van der Waals surface area contributed by atoms with Crippen molar-refractivity contribution < 1.29 is 13.2 Å². The van der Waals surface area contributed by atoms with E-state index in [0.717, 1.165) is 17.0 Å². The van der Waals surface area contributed by atoms with Crippen LogP contribution >= 0.6 is 11.3 Å². The molecule has 3 aromatic rings. The summed E-state index contributed by atoms with van der Waals surface area (Å²) in [5, 5.41) is 4.60. The van der Waals surface area contributed by atoms with Gasteiger partial charge in [0.25, 0.3) is 5.56 Å². The fourth-order valence-electron chi connectivity index (χ4n) is 4.78. The molecule has 2 aliphatic heterocycles. The van der Waals surface area contributed by atoms with Crippen LogP contribution in [0.2, 0.25) is 0 Å². The molecular formula is C23H23N3O4S2. The Morgan fingerprint density at radius 2 is 1.84 bits per heavy atom. The number of aromatic nitrogens is 1. The molecule has 2 atom stereocenters. The highest BCUT2D eigenvalue weighted by Crippen LogP contribution is 2.38. The van der Waals surface area contributed by atoms with Gasteiger partial charge in [0.05, 0.1) is 10.5 Å². The predicted octanol–water partition coefficient (Wildman–Crippen LogP) is 3.34. The first-order valence-electron chi connectivity index (χ1n) is 10.5. The Balaban J connectivity index is 1.43. The Kier molecular flexibility index (Phi) is 5.27. The first-order valence-corrected chi connectivity index (χ1v) is 12.8. The average molecular weight is 470 g/mol. The van der Waals surface area contributed by atoms with Gasteiger partial charge >= 0.3 is 0 Å². The minimum absolute atomic E-state index is 0.00418. The van der Waals surface area contributed by atoms with Crippen LogP contribution in [0.4, 0.5) is 5.69 Å². The number of fused-ring (bicyclic) bond motifs is 4. The van der Waals surface area contributed by atoms with Gasteiger partial charge in [0.15, 0.2) is 0 Å². The zero-order chi connectivity index (χ0) is 22.5. The highest BCUT2D eigenvalue weighted by molar-refractivity contribution is 7.89. The minimum atomic E-state index is -3.67. The molecule has 32 heavy (non-hydrogen) atoms. The van der Waals surface area contributed by atoms with Crippen LogP contribution in [0.25, 0.3) is 10.4 Å². The number of nitrogens with zero attached hydrogens (tertiary/aromatic N) is 2. The van der Waals surface area contributed by atoms with Crippen molar-refractivity contribution in [2.45, 2.75) is 30.7 Å². The summed E-state index contributed by atoms with van der Waals surface area (Å²) in [6.07, 6.45) is 0.880. The highest BCUT2D eigenvalue weighted by atomic mass is 32.2. The third-order valence-corrected chi connectivity index (χ3v) is 8.92. The van der Waals surface area contributed by atoms with Crippen LogP contribution in [-0.4, -0.2) is 36.3 Å². The second-order valence-electron chi connectivity index (χ2n) is 8.39. The highest BCUT2D eigenvalue weighted by Gasteiger charge is 2.39. The largest absolute Gasteiger partial charge is 0.326 e. The van der Waals surface area contributed by atoms with E-state index < -0.39 is 10.0 Å². The number of carbonyl (C=O) groups excluding carboxylic acids is 1. The van der Waals surface area contributed by atoms with E-state index in [4.69, 9.17) is 0 Å². The molecule has 0 spiro atoms. The van der Waals surface area contributed by atoms with Crippen molar-refractivity contribution in [3.05, 3.63) is 70.0 Å². The van der Waals surface area contributed by atoms with E-state index in [-0.39, 0.29) is 28.2 Å². The first kappa shape index (κ1) is 21.1. The smallest absolute Gasteiger partial charge is 0.259 e. The molecule has 1 N–H and O–H groups in total. The maximum atomic E-state index is 13.3. The molecule has 0 radical (unpaired) electrons.